The third-order valence-electron chi connectivity index (χ3n) is 9.49. The van der Waals surface area contributed by atoms with Crippen LogP contribution in [0.3, 0.4) is 0 Å². The van der Waals surface area contributed by atoms with Crippen LogP contribution in [-0.4, -0.2) is 37.2 Å². The second kappa shape index (κ2) is 44.6. The maximum absolute atomic E-state index is 12.6. The summed E-state index contributed by atoms with van der Waals surface area (Å²) in [5.74, 6) is -1.11. The monoisotopic (exact) mass is 781 g/mol. The molecule has 0 saturated heterocycles. The van der Waals surface area contributed by atoms with Crippen LogP contribution in [0, 0.1) is 0 Å². The first-order chi connectivity index (χ1) is 27.5. The van der Waals surface area contributed by atoms with E-state index in [1.807, 2.05) is 6.08 Å². The minimum absolute atomic E-state index is 0.121. The van der Waals surface area contributed by atoms with Gasteiger partial charge in [0.1, 0.15) is 13.2 Å². The number of carbonyl (C=O) groups is 3. The van der Waals surface area contributed by atoms with Crippen LogP contribution in [0.4, 0.5) is 0 Å². The Hall–Kier alpha value is -3.15. The van der Waals surface area contributed by atoms with E-state index >= 15 is 0 Å². The minimum atomic E-state index is -0.832. The van der Waals surface area contributed by atoms with Crippen molar-refractivity contribution in [3.63, 3.8) is 0 Å². The van der Waals surface area contributed by atoms with Gasteiger partial charge in [0.05, 0.1) is 6.42 Å². The van der Waals surface area contributed by atoms with E-state index in [-0.39, 0.29) is 38.0 Å². The lowest BCUT2D eigenvalue weighted by Gasteiger charge is -2.18. The van der Waals surface area contributed by atoms with Crippen molar-refractivity contribution in [2.24, 2.45) is 0 Å². The van der Waals surface area contributed by atoms with Crippen molar-refractivity contribution in [2.45, 2.75) is 213 Å². The highest BCUT2D eigenvalue weighted by atomic mass is 16.6. The summed E-state index contributed by atoms with van der Waals surface area (Å²) in [6, 6.07) is 0. The molecule has 0 rings (SSSR count). The van der Waals surface area contributed by atoms with Gasteiger partial charge in [-0.15, -0.1) is 0 Å². The predicted molar refractivity (Wildman–Crippen MR) is 238 cm³/mol. The molecule has 1 atom stereocenters. The van der Waals surface area contributed by atoms with E-state index in [0.29, 0.717) is 12.8 Å². The molecule has 0 aliphatic heterocycles. The molecule has 0 saturated carbocycles. The van der Waals surface area contributed by atoms with Gasteiger partial charge >= 0.3 is 17.9 Å². The molecule has 1 unspecified atom stereocenters. The molecule has 0 aromatic heterocycles. The van der Waals surface area contributed by atoms with Crippen molar-refractivity contribution in [1.82, 2.24) is 0 Å². The average Bonchev–Trinajstić information content (AvgIpc) is 3.19. The van der Waals surface area contributed by atoms with Crippen LogP contribution in [0.25, 0.3) is 0 Å². The van der Waals surface area contributed by atoms with E-state index in [1.165, 1.54) is 96.3 Å². The summed E-state index contributed by atoms with van der Waals surface area (Å²) >= 11 is 0. The third-order valence-corrected chi connectivity index (χ3v) is 9.49. The Morgan fingerprint density at radius 2 is 0.768 bits per heavy atom. The van der Waals surface area contributed by atoms with Gasteiger partial charge < -0.3 is 14.2 Å². The second-order valence-electron chi connectivity index (χ2n) is 14.9. The topological polar surface area (TPSA) is 78.9 Å². The van der Waals surface area contributed by atoms with Crippen LogP contribution >= 0.6 is 0 Å². The number of carbonyl (C=O) groups excluding carboxylic acids is 3. The lowest BCUT2D eigenvalue weighted by Crippen LogP contribution is -2.30. The number of hydrogen-bond donors (Lipinski definition) is 0. The Morgan fingerprint density at radius 1 is 0.393 bits per heavy atom. The zero-order valence-electron chi connectivity index (χ0n) is 36.4. The maximum Gasteiger partial charge on any atom is 0.309 e. The highest BCUT2D eigenvalue weighted by molar-refractivity contribution is 5.72. The summed E-state index contributed by atoms with van der Waals surface area (Å²) < 4.78 is 16.5. The lowest BCUT2D eigenvalue weighted by atomic mass is 10.0. The van der Waals surface area contributed by atoms with E-state index in [4.69, 9.17) is 14.2 Å². The van der Waals surface area contributed by atoms with Crippen molar-refractivity contribution >= 4 is 17.9 Å². The summed E-state index contributed by atoms with van der Waals surface area (Å²) in [7, 11) is 0. The molecule has 56 heavy (non-hydrogen) atoms. The molecule has 0 spiro atoms. The van der Waals surface area contributed by atoms with Crippen molar-refractivity contribution in [3.8, 4) is 0 Å². The lowest BCUT2D eigenvalue weighted by molar-refractivity contribution is -0.166. The van der Waals surface area contributed by atoms with Crippen molar-refractivity contribution in [2.75, 3.05) is 13.2 Å². The fourth-order valence-corrected chi connectivity index (χ4v) is 6.11. The van der Waals surface area contributed by atoms with Gasteiger partial charge in [-0.1, -0.05) is 203 Å². The molecule has 0 aromatic rings. The molecule has 0 fully saturated rings. The van der Waals surface area contributed by atoms with Crippen molar-refractivity contribution in [3.05, 3.63) is 72.9 Å². The average molecular weight is 781 g/mol. The first-order valence-corrected chi connectivity index (χ1v) is 22.9. The van der Waals surface area contributed by atoms with E-state index in [9.17, 15) is 14.4 Å². The van der Waals surface area contributed by atoms with Gasteiger partial charge in [-0.05, 0) is 57.8 Å². The van der Waals surface area contributed by atoms with Gasteiger partial charge in [-0.2, -0.15) is 0 Å². The summed E-state index contributed by atoms with van der Waals surface area (Å²) in [4.78, 5) is 37.6. The van der Waals surface area contributed by atoms with Crippen molar-refractivity contribution in [1.29, 1.82) is 0 Å². The molecular formula is C50H84O6. The number of unbranched alkanes of at least 4 members (excludes halogenated alkanes) is 18. The summed E-state index contributed by atoms with van der Waals surface area (Å²) in [6.07, 6.45) is 55.1. The largest absolute Gasteiger partial charge is 0.462 e. The number of esters is 3. The van der Waals surface area contributed by atoms with Gasteiger partial charge in [-0.25, -0.2) is 0 Å². The number of hydrogen-bond acceptors (Lipinski definition) is 6. The van der Waals surface area contributed by atoms with E-state index in [0.717, 1.165) is 64.2 Å². The van der Waals surface area contributed by atoms with Crippen LogP contribution < -0.4 is 0 Å². The predicted octanol–water partition coefficient (Wildman–Crippen LogP) is 14.7. The number of allylic oxidation sites excluding steroid dienone is 11. The number of ether oxygens (including phenoxy) is 3. The molecule has 0 heterocycles. The molecule has 0 aliphatic carbocycles. The molecule has 0 aliphatic rings. The highest BCUT2D eigenvalue weighted by Gasteiger charge is 2.19. The summed E-state index contributed by atoms with van der Waals surface area (Å²) in [5, 5.41) is 0. The smallest absolute Gasteiger partial charge is 0.309 e. The summed E-state index contributed by atoms with van der Waals surface area (Å²) in [5.41, 5.74) is 0. The quantitative estimate of drug-likeness (QED) is 0.0267. The Morgan fingerprint density at radius 3 is 1.23 bits per heavy atom. The van der Waals surface area contributed by atoms with Crippen LogP contribution in [-0.2, 0) is 28.6 Å². The SMILES string of the molecule is CC/C=C\C/C=C\C/C=C\CCCC(=O)OC(COC(=O)C/C=C\C/C=C\C/C=C\CC)COC(=O)CCCCCCCCCCCCCCCCCCCC. The van der Waals surface area contributed by atoms with Crippen LogP contribution in [0.15, 0.2) is 72.9 Å². The fourth-order valence-electron chi connectivity index (χ4n) is 6.11. The Labute approximate surface area is 344 Å². The van der Waals surface area contributed by atoms with Gasteiger partial charge in [0.25, 0.3) is 0 Å². The summed E-state index contributed by atoms with van der Waals surface area (Å²) in [6.45, 7) is 6.25. The normalized spacial score (nSPS) is 12.7. The molecule has 0 aromatic carbocycles. The van der Waals surface area contributed by atoms with Crippen LogP contribution in [0.2, 0.25) is 0 Å². The molecule has 0 bridgehead atoms. The van der Waals surface area contributed by atoms with Crippen LogP contribution in [0.5, 0.6) is 0 Å². The van der Waals surface area contributed by atoms with Gasteiger partial charge in [0, 0.05) is 12.8 Å². The van der Waals surface area contributed by atoms with Gasteiger partial charge in [0.2, 0.25) is 0 Å². The van der Waals surface area contributed by atoms with Gasteiger partial charge in [-0.3, -0.25) is 14.4 Å². The first kappa shape index (κ1) is 52.9. The number of rotatable bonds is 40. The molecule has 320 valence electrons. The third kappa shape index (κ3) is 42.0. The van der Waals surface area contributed by atoms with Crippen molar-refractivity contribution < 1.29 is 28.6 Å². The molecule has 0 N–H and O–H groups in total. The highest BCUT2D eigenvalue weighted by Crippen LogP contribution is 2.15. The Kier molecular flexibility index (Phi) is 42.1. The van der Waals surface area contributed by atoms with Crippen LogP contribution in [0.1, 0.15) is 207 Å². The molecule has 0 amide bonds. The standard InChI is InChI=1S/C50H84O6/c1-4-7-10-13-16-19-21-22-23-24-25-26-27-29-31-34-37-40-43-49(52)55-46-47(45-54-48(51)42-39-36-33-30-18-15-12-9-6-3)56-50(53)44-41-38-35-32-28-20-17-14-11-8-5-2/h8-9,11-12,17-18,20,30,32,35-36,39,47H,4-7,10,13-16,19,21-29,31,33-34,37-38,40-46H2,1-3H3/b11-8-,12-9-,20-17-,30-18-,35-32-,39-36-. The maximum atomic E-state index is 12.6. The minimum Gasteiger partial charge on any atom is -0.462 e. The molecule has 6 nitrogen and oxygen atoms in total. The van der Waals surface area contributed by atoms with E-state index in [1.54, 1.807) is 6.08 Å². The Bertz CT molecular complexity index is 1080. The van der Waals surface area contributed by atoms with E-state index < -0.39 is 12.1 Å². The Balaban J connectivity index is 4.38. The zero-order valence-corrected chi connectivity index (χ0v) is 36.4. The first-order valence-electron chi connectivity index (χ1n) is 22.9. The zero-order chi connectivity index (χ0) is 40.8. The van der Waals surface area contributed by atoms with Gasteiger partial charge in [0.15, 0.2) is 6.10 Å². The second-order valence-corrected chi connectivity index (χ2v) is 14.9. The molecule has 6 heteroatoms. The molecular weight excluding hydrogens is 697 g/mol. The molecule has 0 radical (unpaired) electrons. The van der Waals surface area contributed by atoms with E-state index in [2.05, 4.69) is 81.5 Å². The fraction of sp³-hybridized carbons (Fsp3) is 0.700.